The van der Waals surface area contributed by atoms with Gasteiger partial charge in [0.1, 0.15) is 0 Å². The van der Waals surface area contributed by atoms with E-state index in [0.29, 0.717) is 22.7 Å². The number of ether oxygens (including phenoxy) is 1. The molecule has 152 valence electrons. The van der Waals surface area contributed by atoms with Crippen molar-refractivity contribution in [3.63, 3.8) is 0 Å². The standard InChI is InChI=1S/C24H20ClNO4/c25-19-12-13-21(20(15-19)24(29)18-9-5-2-6-10-18)26-22(27)16-30-23(28)14-11-17-7-3-1-4-8-17/h1-10,12-13,15H,11,14,16H2,(H,26,27). The molecule has 0 unspecified atom stereocenters. The van der Waals surface area contributed by atoms with Gasteiger partial charge < -0.3 is 10.1 Å². The summed E-state index contributed by atoms with van der Waals surface area (Å²) in [6, 6.07) is 22.9. The number of hydrogen-bond acceptors (Lipinski definition) is 4. The minimum atomic E-state index is -0.535. The number of nitrogens with one attached hydrogen (secondary N) is 1. The van der Waals surface area contributed by atoms with Crippen molar-refractivity contribution in [1.82, 2.24) is 0 Å². The minimum Gasteiger partial charge on any atom is -0.456 e. The lowest BCUT2D eigenvalue weighted by Crippen LogP contribution is -2.22. The van der Waals surface area contributed by atoms with Gasteiger partial charge in [-0.05, 0) is 30.2 Å². The van der Waals surface area contributed by atoms with E-state index in [1.807, 2.05) is 36.4 Å². The third kappa shape index (κ3) is 6.03. The molecule has 1 N–H and O–H groups in total. The minimum absolute atomic E-state index is 0.177. The normalized spacial score (nSPS) is 10.3. The molecule has 6 heteroatoms. The quantitative estimate of drug-likeness (QED) is 0.423. The molecule has 0 radical (unpaired) electrons. The molecular weight excluding hydrogens is 402 g/mol. The summed E-state index contributed by atoms with van der Waals surface area (Å²) >= 11 is 6.04. The van der Waals surface area contributed by atoms with Gasteiger partial charge in [-0.2, -0.15) is 0 Å². The van der Waals surface area contributed by atoms with E-state index in [1.165, 1.54) is 6.07 Å². The predicted molar refractivity (Wildman–Crippen MR) is 116 cm³/mol. The van der Waals surface area contributed by atoms with Crippen LogP contribution < -0.4 is 5.32 Å². The second kappa shape index (κ2) is 10.4. The topological polar surface area (TPSA) is 72.5 Å². The molecular formula is C24H20ClNO4. The fourth-order valence-electron chi connectivity index (χ4n) is 2.85. The van der Waals surface area contributed by atoms with Gasteiger partial charge in [-0.25, -0.2) is 0 Å². The van der Waals surface area contributed by atoms with E-state index in [2.05, 4.69) is 5.32 Å². The van der Waals surface area contributed by atoms with Crippen molar-refractivity contribution in [2.45, 2.75) is 12.8 Å². The number of anilines is 1. The van der Waals surface area contributed by atoms with E-state index >= 15 is 0 Å². The van der Waals surface area contributed by atoms with E-state index in [1.54, 1.807) is 36.4 Å². The lowest BCUT2D eigenvalue weighted by atomic mass is 10.0. The summed E-state index contributed by atoms with van der Waals surface area (Å²) in [5, 5.41) is 3.00. The number of esters is 1. The van der Waals surface area contributed by atoms with Crippen LogP contribution in [0.4, 0.5) is 5.69 Å². The highest BCUT2D eigenvalue weighted by Crippen LogP contribution is 2.23. The van der Waals surface area contributed by atoms with E-state index in [-0.39, 0.29) is 17.8 Å². The molecule has 3 rings (SSSR count). The van der Waals surface area contributed by atoms with Crippen LogP contribution in [0, 0.1) is 0 Å². The summed E-state index contributed by atoms with van der Waals surface area (Å²) in [6.07, 6.45) is 0.712. The van der Waals surface area contributed by atoms with Crippen LogP contribution in [-0.2, 0) is 20.7 Å². The van der Waals surface area contributed by atoms with E-state index < -0.39 is 18.5 Å². The van der Waals surface area contributed by atoms with E-state index in [9.17, 15) is 14.4 Å². The van der Waals surface area contributed by atoms with Crippen LogP contribution in [0.25, 0.3) is 0 Å². The summed E-state index contributed by atoms with van der Waals surface area (Å²) in [4.78, 5) is 37.0. The molecule has 5 nitrogen and oxygen atoms in total. The van der Waals surface area contributed by atoms with E-state index in [0.717, 1.165) is 5.56 Å². The number of aryl methyl sites for hydroxylation is 1. The summed E-state index contributed by atoms with van der Waals surface area (Å²) < 4.78 is 5.04. The third-order valence-electron chi connectivity index (χ3n) is 4.36. The Bertz CT molecular complexity index is 1040. The van der Waals surface area contributed by atoms with Crippen LogP contribution in [0.2, 0.25) is 5.02 Å². The monoisotopic (exact) mass is 421 g/mol. The largest absolute Gasteiger partial charge is 0.456 e. The molecule has 0 heterocycles. The molecule has 0 fully saturated rings. The molecule has 0 saturated heterocycles. The Hall–Kier alpha value is -3.44. The molecule has 0 atom stereocenters. The Labute approximate surface area is 179 Å². The molecule has 0 aliphatic rings. The molecule has 0 aliphatic heterocycles. The average Bonchev–Trinajstić information content (AvgIpc) is 2.78. The van der Waals surface area contributed by atoms with Gasteiger partial charge in [0.25, 0.3) is 5.91 Å². The maximum Gasteiger partial charge on any atom is 0.306 e. The summed E-state index contributed by atoms with van der Waals surface area (Å²) in [6.45, 7) is -0.435. The number of carbonyl (C=O) groups excluding carboxylic acids is 3. The van der Waals surface area contributed by atoms with Crippen molar-refractivity contribution in [3.05, 3.63) is 101 Å². The first-order chi connectivity index (χ1) is 14.5. The zero-order valence-electron chi connectivity index (χ0n) is 16.1. The van der Waals surface area contributed by atoms with Gasteiger partial charge >= 0.3 is 5.97 Å². The van der Waals surface area contributed by atoms with Crippen molar-refractivity contribution >= 4 is 34.9 Å². The van der Waals surface area contributed by atoms with Gasteiger partial charge in [0.15, 0.2) is 12.4 Å². The maximum absolute atomic E-state index is 12.8. The van der Waals surface area contributed by atoms with Gasteiger partial charge in [-0.3, -0.25) is 14.4 Å². The molecule has 3 aromatic rings. The van der Waals surface area contributed by atoms with Crippen LogP contribution in [-0.4, -0.2) is 24.3 Å². The number of rotatable bonds is 8. The average molecular weight is 422 g/mol. The lowest BCUT2D eigenvalue weighted by Gasteiger charge is -2.11. The van der Waals surface area contributed by atoms with Crippen LogP contribution in [0.1, 0.15) is 27.9 Å². The second-order valence-corrected chi connectivity index (χ2v) is 7.02. The van der Waals surface area contributed by atoms with Gasteiger partial charge in [0.2, 0.25) is 0 Å². The van der Waals surface area contributed by atoms with Crippen LogP contribution >= 0.6 is 11.6 Å². The molecule has 1 amide bonds. The van der Waals surface area contributed by atoms with Gasteiger partial charge in [0.05, 0.1) is 5.69 Å². The van der Waals surface area contributed by atoms with Crippen LogP contribution in [0.15, 0.2) is 78.9 Å². The van der Waals surface area contributed by atoms with Crippen molar-refractivity contribution in [1.29, 1.82) is 0 Å². The lowest BCUT2D eigenvalue weighted by molar-refractivity contribution is -0.147. The van der Waals surface area contributed by atoms with Crippen molar-refractivity contribution in [3.8, 4) is 0 Å². The van der Waals surface area contributed by atoms with Crippen LogP contribution in [0.3, 0.4) is 0 Å². The summed E-state index contributed by atoms with van der Waals surface area (Å²) in [5.41, 5.74) is 2.06. The number of halogens is 1. The zero-order valence-corrected chi connectivity index (χ0v) is 16.9. The Kier molecular flexibility index (Phi) is 7.35. The van der Waals surface area contributed by atoms with Crippen LogP contribution in [0.5, 0.6) is 0 Å². The third-order valence-corrected chi connectivity index (χ3v) is 4.60. The Morgan fingerprint density at radius 2 is 1.53 bits per heavy atom. The summed E-state index contributed by atoms with van der Waals surface area (Å²) in [5.74, 6) is -1.27. The van der Waals surface area contributed by atoms with E-state index in [4.69, 9.17) is 16.3 Å². The highest BCUT2D eigenvalue weighted by molar-refractivity contribution is 6.31. The molecule has 3 aromatic carbocycles. The smallest absolute Gasteiger partial charge is 0.306 e. The predicted octanol–water partition coefficient (Wildman–Crippen LogP) is 4.69. The first kappa shape index (κ1) is 21.3. The van der Waals surface area contributed by atoms with Gasteiger partial charge in [-0.15, -0.1) is 0 Å². The number of hydrogen-bond donors (Lipinski definition) is 1. The van der Waals surface area contributed by atoms with Crippen molar-refractivity contribution in [2.24, 2.45) is 0 Å². The summed E-state index contributed by atoms with van der Waals surface area (Å²) in [7, 11) is 0. The highest BCUT2D eigenvalue weighted by atomic mass is 35.5. The number of carbonyl (C=O) groups is 3. The van der Waals surface area contributed by atoms with Gasteiger partial charge in [-0.1, -0.05) is 72.3 Å². The van der Waals surface area contributed by atoms with Crippen molar-refractivity contribution < 1.29 is 19.1 Å². The molecule has 0 aliphatic carbocycles. The zero-order chi connectivity index (χ0) is 21.3. The van der Waals surface area contributed by atoms with Gasteiger partial charge in [0, 0.05) is 22.6 Å². The Morgan fingerprint density at radius 1 is 0.867 bits per heavy atom. The Morgan fingerprint density at radius 3 is 2.23 bits per heavy atom. The molecule has 0 bridgehead atoms. The number of ketones is 1. The van der Waals surface area contributed by atoms with Crippen molar-refractivity contribution in [2.75, 3.05) is 11.9 Å². The fourth-order valence-corrected chi connectivity index (χ4v) is 3.03. The highest BCUT2D eigenvalue weighted by Gasteiger charge is 2.17. The number of benzene rings is 3. The SMILES string of the molecule is O=C(COC(=O)CCc1ccccc1)Nc1ccc(Cl)cc1C(=O)c1ccccc1. The second-order valence-electron chi connectivity index (χ2n) is 6.58. The fraction of sp³-hybridized carbons (Fsp3) is 0.125. The first-order valence-corrected chi connectivity index (χ1v) is 9.79. The molecule has 30 heavy (non-hydrogen) atoms. The molecule has 0 spiro atoms. The first-order valence-electron chi connectivity index (χ1n) is 9.41. The molecule has 0 aromatic heterocycles. The molecule has 0 saturated carbocycles. The number of amides is 1. The Balaban J connectivity index is 1.58. The maximum atomic E-state index is 12.8.